The van der Waals surface area contributed by atoms with Crippen molar-refractivity contribution >= 4 is 15.9 Å². The summed E-state index contributed by atoms with van der Waals surface area (Å²) in [6.07, 6.45) is 2.15. The average molecular weight is 299 g/mol. The van der Waals surface area contributed by atoms with Gasteiger partial charge < -0.3 is 5.73 Å². The second kappa shape index (κ2) is 6.53. The first-order valence-electron chi connectivity index (χ1n) is 6.17. The van der Waals surface area contributed by atoms with E-state index in [1.54, 1.807) is 0 Å². The molecule has 0 amide bonds. The van der Waals surface area contributed by atoms with Gasteiger partial charge in [-0.05, 0) is 51.1 Å². The molecule has 17 heavy (non-hydrogen) atoms. The normalized spacial score (nSPS) is 14.9. The van der Waals surface area contributed by atoms with Crippen LogP contribution in [-0.2, 0) is 6.42 Å². The van der Waals surface area contributed by atoms with Crippen LogP contribution in [0.25, 0.3) is 0 Å². The molecular weight excluding hydrogens is 276 g/mol. The summed E-state index contributed by atoms with van der Waals surface area (Å²) in [5.74, 6) is 0. The molecule has 1 atom stereocenters. The van der Waals surface area contributed by atoms with Crippen LogP contribution in [0.5, 0.6) is 0 Å². The smallest absolute Gasteiger partial charge is 0.0340 e. The zero-order valence-electron chi connectivity index (χ0n) is 11.0. The van der Waals surface area contributed by atoms with Crippen molar-refractivity contribution in [3.05, 3.63) is 34.3 Å². The van der Waals surface area contributed by atoms with E-state index in [2.05, 4.69) is 66.0 Å². The predicted octanol–water partition coefficient (Wildman–Crippen LogP) is 3.05. The lowest BCUT2D eigenvalue weighted by Crippen LogP contribution is -2.51. The van der Waals surface area contributed by atoms with Crippen molar-refractivity contribution in [3.8, 4) is 0 Å². The summed E-state index contributed by atoms with van der Waals surface area (Å²) in [6.45, 7) is 6.21. The van der Waals surface area contributed by atoms with Gasteiger partial charge >= 0.3 is 0 Å². The van der Waals surface area contributed by atoms with Gasteiger partial charge in [-0.25, -0.2) is 0 Å². The zero-order valence-corrected chi connectivity index (χ0v) is 12.6. The topological polar surface area (TPSA) is 29.3 Å². The van der Waals surface area contributed by atoms with Crippen molar-refractivity contribution in [1.29, 1.82) is 0 Å². The van der Waals surface area contributed by atoms with Gasteiger partial charge in [0.15, 0.2) is 0 Å². The van der Waals surface area contributed by atoms with Gasteiger partial charge in [0.2, 0.25) is 0 Å². The van der Waals surface area contributed by atoms with Gasteiger partial charge in [0, 0.05) is 16.6 Å². The van der Waals surface area contributed by atoms with E-state index in [0.29, 0.717) is 6.54 Å². The third-order valence-electron chi connectivity index (χ3n) is 3.42. The summed E-state index contributed by atoms with van der Waals surface area (Å²) in [7, 11) is 2.16. The fraction of sp³-hybridized carbons (Fsp3) is 0.571. The molecule has 2 nitrogen and oxygen atoms in total. The number of rotatable bonds is 6. The van der Waals surface area contributed by atoms with E-state index in [9.17, 15) is 0 Å². The minimum atomic E-state index is 0.0455. The molecule has 0 aromatic heterocycles. The second-order valence-corrected chi connectivity index (χ2v) is 5.84. The first-order valence-corrected chi connectivity index (χ1v) is 6.97. The Hall–Kier alpha value is -0.380. The largest absolute Gasteiger partial charge is 0.329 e. The van der Waals surface area contributed by atoms with Gasteiger partial charge in [0.1, 0.15) is 0 Å². The molecule has 0 radical (unpaired) electrons. The van der Waals surface area contributed by atoms with E-state index in [-0.39, 0.29) is 5.54 Å². The highest BCUT2D eigenvalue weighted by Crippen LogP contribution is 2.20. The molecule has 96 valence electrons. The molecule has 0 saturated carbocycles. The number of likely N-dealkylation sites (N-methyl/N-ethyl adjacent to an activating group) is 1. The first-order chi connectivity index (χ1) is 8.01. The van der Waals surface area contributed by atoms with Crippen molar-refractivity contribution in [2.75, 3.05) is 20.1 Å². The first kappa shape index (κ1) is 14.7. The number of halogens is 1. The molecule has 0 heterocycles. The third-order valence-corrected chi connectivity index (χ3v) is 3.95. The molecular formula is C14H23BrN2. The highest BCUT2D eigenvalue weighted by atomic mass is 79.9. The standard InChI is InChI=1S/C14H23BrN2/c1-4-9-17(3)14(2,11-16)10-12-5-7-13(15)8-6-12/h5-8H,4,9-11,16H2,1-3H3. The summed E-state index contributed by atoms with van der Waals surface area (Å²) in [6, 6.07) is 8.51. The molecule has 1 rings (SSSR count). The average Bonchev–Trinajstić information content (AvgIpc) is 2.32. The molecule has 0 aliphatic rings. The zero-order chi connectivity index (χ0) is 12.9. The molecule has 0 fully saturated rings. The lowest BCUT2D eigenvalue weighted by atomic mass is 9.91. The van der Waals surface area contributed by atoms with Gasteiger partial charge in [-0.2, -0.15) is 0 Å². The monoisotopic (exact) mass is 298 g/mol. The van der Waals surface area contributed by atoms with Crippen LogP contribution in [0.15, 0.2) is 28.7 Å². The van der Waals surface area contributed by atoms with E-state index in [1.165, 1.54) is 5.56 Å². The van der Waals surface area contributed by atoms with Gasteiger partial charge in [-0.1, -0.05) is 35.0 Å². The minimum Gasteiger partial charge on any atom is -0.329 e. The fourth-order valence-corrected chi connectivity index (χ4v) is 2.27. The summed E-state index contributed by atoms with van der Waals surface area (Å²) in [5.41, 5.74) is 7.35. The molecule has 3 heteroatoms. The summed E-state index contributed by atoms with van der Waals surface area (Å²) < 4.78 is 1.12. The van der Waals surface area contributed by atoms with Crippen molar-refractivity contribution in [2.45, 2.75) is 32.2 Å². The number of nitrogens with two attached hydrogens (primary N) is 1. The molecule has 1 aromatic rings. The molecule has 0 bridgehead atoms. The molecule has 1 aromatic carbocycles. The number of benzene rings is 1. The number of hydrogen-bond donors (Lipinski definition) is 1. The van der Waals surface area contributed by atoms with Crippen molar-refractivity contribution in [1.82, 2.24) is 4.90 Å². The van der Waals surface area contributed by atoms with Crippen LogP contribution in [0.4, 0.5) is 0 Å². The summed E-state index contributed by atoms with van der Waals surface area (Å²) in [5, 5.41) is 0. The van der Waals surface area contributed by atoms with Crippen LogP contribution in [0.1, 0.15) is 25.8 Å². The Morgan fingerprint density at radius 2 is 1.88 bits per heavy atom. The Morgan fingerprint density at radius 1 is 1.29 bits per heavy atom. The van der Waals surface area contributed by atoms with Gasteiger partial charge in [0.05, 0.1) is 0 Å². The van der Waals surface area contributed by atoms with Crippen LogP contribution in [0, 0.1) is 0 Å². The second-order valence-electron chi connectivity index (χ2n) is 4.93. The molecule has 0 saturated heterocycles. The third kappa shape index (κ3) is 4.09. The highest BCUT2D eigenvalue weighted by Gasteiger charge is 2.27. The van der Waals surface area contributed by atoms with Crippen molar-refractivity contribution in [2.24, 2.45) is 5.73 Å². The van der Waals surface area contributed by atoms with Gasteiger partial charge in [-0.3, -0.25) is 4.90 Å². The van der Waals surface area contributed by atoms with Crippen molar-refractivity contribution in [3.63, 3.8) is 0 Å². The summed E-state index contributed by atoms with van der Waals surface area (Å²) >= 11 is 3.46. The molecule has 0 aliphatic heterocycles. The van der Waals surface area contributed by atoms with Crippen LogP contribution in [-0.4, -0.2) is 30.6 Å². The quantitative estimate of drug-likeness (QED) is 0.875. The molecule has 0 spiro atoms. The van der Waals surface area contributed by atoms with E-state index < -0.39 is 0 Å². The van der Waals surface area contributed by atoms with E-state index in [1.807, 2.05) is 0 Å². The minimum absolute atomic E-state index is 0.0455. The van der Waals surface area contributed by atoms with E-state index >= 15 is 0 Å². The van der Waals surface area contributed by atoms with Gasteiger partial charge in [-0.15, -0.1) is 0 Å². The Morgan fingerprint density at radius 3 is 2.35 bits per heavy atom. The SMILES string of the molecule is CCCN(C)C(C)(CN)Cc1ccc(Br)cc1. The predicted molar refractivity (Wildman–Crippen MR) is 78.2 cm³/mol. The highest BCUT2D eigenvalue weighted by molar-refractivity contribution is 9.10. The lowest BCUT2D eigenvalue weighted by molar-refractivity contribution is 0.144. The summed E-state index contributed by atoms with van der Waals surface area (Å²) in [4.78, 5) is 2.37. The number of nitrogens with zero attached hydrogens (tertiary/aromatic N) is 1. The maximum atomic E-state index is 5.97. The van der Waals surface area contributed by atoms with Crippen molar-refractivity contribution < 1.29 is 0 Å². The van der Waals surface area contributed by atoms with Crippen LogP contribution in [0.2, 0.25) is 0 Å². The lowest BCUT2D eigenvalue weighted by Gasteiger charge is -2.38. The Labute approximate surface area is 113 Å². The Kier molecular flexibility index (Phi) is 5.63. The van der Waals surface area contributed by atoms with Gasteiger partial charge in [0.25, 0.3) is 0 Å². The maximum Gasteiger partial charge on any atom is 0.0340 e. The number of hydrogen-bond acceptors (Lipinski definition) is 2. The van der Waals surface area contributed by atoms with E-state index in [4.69, 9.17) is 5.73 Å². The van der Waals surface area contributed by atoms with E-state index in [0.717, 1.165) is 23.9 Å². The maximum absolute atomic E-state index is 5.97. The van der Waals surface area contributed by atoms with Crippen LogP contribution < -0.4 is 5.73 Å². The Balaban J connectivity index is 2.77. The van der Waals surface area contributed by atoms with Crippen LogP contribution >= 0.6 is 15.9 Å². The molecule has 1 unspecified atom stereocenters. The fourth-order valence-electron chi connectivity index (χ4n) is 2.01. The molecule has 2 N–H and O–H groups in total. The van der Waals surface area contributed by atoms with Crippen LogP contribution in [0.3, 0.4) is 0 Å². The molecule has 0 aliphatic carbocycles. The Bertz CT molecular complexity index is 337.